The van der Waals surface area contributed by atoms with Crippen LogP contribution in [-0.4, -0.2) is 4.98 Å². The lowest BCUT2D eigenvalue weighted by molar-refractivity contribution is 0.574. The van der Waals surface area contributed by atoms with E-state index >= 15 is 0 Å². The maximum Gasteiger partial charge on any atom is 0.0451 e. The number of aromatic nitrogens is 1. The molecule has 2 rings (SSSR count). The molecule has 4 heteroatoms. The van der Waals surface area contributed by atoms with Gasteiger partial charge in [-0.1, -0.05) is 27.5 Å². The fourth-order valence-corrected chi connectivity index (χ4v) is 2.30. The van der Waals surface area contributed by atoms with Gasteiger partial charge in [0.05, 0.1) is 0 Å². The summed E-state index contributed by atoms with van der Waals surface area (Å²) in [5.74, 6) is 0. The van der Waals surface area contributed by atoms with Crippen molar-refractivity contribution in [3.8, 4) is 0 Å². The highest BCUT2D eigenvalue weighted by Crippen LogP contribution is 2.21. The SMILES string of the molecule is C[C@H](NCc1cc(Br)ccc1Cl)c1ccncc1. The molecule has 18 heavy (non-hydrogen) atoms. The zero-order valence-electron chi connectivity index (χ0n) is 10.0. The first kappa shape index (κ1) is 13.5. The molecule has 94 valence electrons. The number of pyridine rings is 1. The molecule has 2 aromatic rings. The van der Waals surface area contributed by atoms with Gasteiger partial charge in [-0.05, 0) is 48.4 Å². The lowest BCUT2D eigenvalue weighted by Crippen LogP contribution is -2.18. The second kappa shape index (κ2) is 6.32. The third-order valence-electron chi connectivity index (χ3n) is 2.81. The summed E-state index contributed by atoms with van der Waals surface area (Å²) in [6.45, 7) is 2.86. The van der Waals surface area contributed by atoms with Gasteiger partial charge in [0.2, 0.25) is 0 Å². The third kappa shape index (κ3) is 3.55. The van der Waals surface area contributed by atoms with Crippen LogP contribution < -0.4 is 5.32 Å². The quantitative estimate of drug-likeness (QED) is 0.904. The van der Waals surface area contributed by atoms with Crippen LogP contribution in [0.2, 0.25) is 5.02 Å². The first-order valence-electron chi connectivity index (χ1n) is 5.74. The third-order valence-corrected chi connectivity index (χ3v) is 3.67. The van der Waals surface area contributed by atoms with Crippen LogP contribution in [0.1, 0.15) is 24.1 Å². The van der Waals surface area contributed by atoms with Gasteiger partial charge in [0, 0.05) is 34.5 Å². The van der Waals surface area contributed by atoms with Gasteiger partial charge in [-0.25, -0.2) is 0 Å². The highest BCUT2D eigenvalue weighted by molar-refractivity contribution is 9.10. The van der Waals surface area contributed by atoms with Crippen LogP contribution in [-0.2, 0) is 6.54 Å². The molecule has 0 saturated carbocycles. The first-order valence-corrected chi connectivity index (χ1v) is 6.91. The Labute approximate surface area is 121 Å². The molecule has 0 saturated heterocycles. The summed E-state index contributed by atoms with van der Waals surface area (Å²) < 4.78 is 1.04. The lowest BCUT2D eigenvalue weighted by atomic mass is 10.1. The number of rotatable bonds is 4. The van der Waals surface area contributed by atoms with E-state index in [1.807, 2.05) is 30.3 Å². The zero-order chi connectivity index (χ0) is 13.0. The van der Waals surface area contributed by atoms with E-state index in [2.05, 4.69) is 33.2 Å². The largest absolute Gasteiger partial charge is 0.306 e. The molecule has 1 heterocycles. The number of hydrogen-bond donors (Lipinski definition) is 1. The van der Waals surface area contributed by atoms with Crippen LogP contribution in [0.15, 0.2) is 47.2 Å². The first-order chi connectivity index (χ1) is 8.66. The second-order valence-corrected chi connectivity index (χ2v) is 5.44. The average Bonchev–Trinajstić information content (AvgIpc) is 2.40. The molecule has 0 fully saturated rings. The van der Waals surface area contributed by atoms with Gasteiger partial charge in [0.1, 0.15) is 0 Å². The van der Waals surface area contributed by atoms with E-state index in [0.717, 1.165) is 21.6 Å². The van der Waals surface area contributed by atoms with E-state index in [-0.39, 0.29) is 6.04 Å². The van der Waals surface area contributed by atoms with Gasteiger partial charge in [-0.3, -0.25) is 4.98 Å². The molecule has 0 spiro atoms. The van der Waals surface area contributed by atoms with E-state index in [4.69, 9.17) is 11.6 Å². The highest BCUT2D eigenvalue weighted by Gasteiger charge is 2.06. The Kier molecular flexibility index (Phi) is 4.75. The number of hydrogen-bond acceptors (Lipinski definition) is 2. The fraction of sp³-hybridized carbons (Fsp3) is 0.214. The molecule has 0 aliphatic heterocycles. The van der Waals surface area contributed by atoms with Crippen LogP contribution >= 0.6 is 27.5 Å². The van der Waals surface area contributed by atoms with E-state index in [9.17, 15) is 0 Å². The Hall–Kier alpha value is -0.900. The maximum absolute atomic E-state index is 6.15. The monoisotopic (exact) mass is 324 g/mol. The molecule has 0 radical (unpaired) electrons. The predicted octanol–water partition coefficient (Wildman–Crippen LogP) is 4.35. The normalized spacial score (nSPS) is 12.4. The van der Waals surface area contributed by atoms with Crippen LogP contribution in [0.4, 0.5) is 0 Å². The van der Waals surface area contributed by atoms with Crippen molar-refractivity contribution in [3.63, 3.8) is 0 Å². The minimum Gasteiger partial charge on any atom is -0.306 e. The topological polar surface area (TPSA) is 24.9 Å². The second-order valence-electron chi connectivity index (χ2n) is 4.12. The van der Waals surface area contributed by atoms with Gasteiger partial charge in [0.25, 0.3) is 0 Å². The van der Waals surface area contributed by atoms with E-state index in [0.29, 0.717) is 0 Å². The van der Waals surface area contributed by atoms with Gasteiger partial charge in [0.15, 0.2) is 0 Å². The highest BCUT2D eigenvalue weighted by atomic mass is 79.9. The summed E-state index contributed by atoms with van der Waals surface area (Å²) in [4.78, 5) is 4.02. The minimum absolute atomic E-state index is 0.267. The Morgan fingerprint density at radius 3 is 2.72 bits per heavy atom. The maximum atomic E-state index is 6.15. The minimum atomic E-state index is 0.267. The molecule has 1 aromatic heterocycles. The van der Waals surface area contributed by atoms with Crippen molar-refractivity contribution >= 4 is 27.5 Å². The molecular formula is C14H14BrClN2. The van der Waals surface area contributed by atoms with Crippen molar-refractivity contribution in [2.24, 2.45) is 0 Å². The summed E-state index contributed by atoms with van der Waals surface area (Å²) in [7, 11) is 0. The average molecular weight is 326 g/mol. The zero-order valence-corrected chi connectivity index (χ0v) is 12.4. The van der Waals surface area contributed by atoms with E-state index < -0.39 is 0 Å². The Bertz CT molecular complexity index is 516. The molecule has 1 atom stereocenters. The smallest absolute Gasteiger partial charge is 0.0451 e. The van der Waals surface area contributed by atoms with Gasteiger partial charge in [-0.15, -0.1) is 0 Å². The summed E-state index contributed by atoms with van der Waals surface area (Å²) >= 11 is 9.61. The van der Waals surface area contributed by atoms with Crippen LogP contribution in [0.25, 0.3) is 0 Å². The summed E-state index contributed by atoms with van der Waals surface area (Å²) in [6.07, 6.45) is 3.61. The molecule has 0 aliphatic carbocycles. The number of nitrogens with one attached hydrogen (secondary N) is 1. The van der Waals surface area contributed by atoms with Crippen molar-refractivity contribution in [2.75, 3.05) is 0 Å². The number of halogens is 2. The number of benzene rings is 1. The van der Waals surface area contributed by atoms with Gasteiger partial charge in [-0.2, -0.15) is 0 Å². The summed E-state index contributed by atoms with van der Waals surface area (Å²) in [5.41, 5.74) is 2.31. The van der Waals surface area contributed by atoms with Crippen molar-refractivity contribution in [2.45, 2.75) is 19.5 Å². The molecule has 0 unspecified atom stereocenters. The molecule has 0 aliphatic rings. The van der Waals surface area contributed by atoms with E-state index in [1.165, 1.54) is 5.56 Å². The van der Waals surface area contributed by atoms with Crippen LogP contribution in [0.5, 0.6) is 0 Å². The van der Waals surface area contributed by atoms with Gasteiger partial charge < -0.3 is 5.32 Å². The molecule has 1 N–H and O–H groups in total. The molecule has 0 bridgehead atoms. The van der Waals surface area contributed by atoms with Crippen molar-refractivity contribution < 1.29 is 0 Å². The number of nitrogens with zero attached hydrogens (tertiary/aromatic N) is 1. The molecule has 2 nitrogen and oxygen atoms in total. The summed E-state index contributed by atoms with van der Waals surface area (Å²) in [6, 6.07) is 10.2. The van der Waals surface area contributed by atoms with Crippen LogP contribution in [0.3, 0.4) is 0 Å². The van der Waals surface area contributed by atoms with Crippen molar-refractivity contribution in [3.05, 3.63) is 63.3 Å². The van der Waals surface area contributed by atoms with E-state index in [1.54, 1.807) is 12.4 Å². The Morgan fingerprint density at radius 1 is 1.28 bits per heavy atom. The fourth-order valence-electron chi connectivity index (χ4n) is 1.71. The predicted molar refractivity (Wildman–Crippen MR) is 78.6 cm³/mol. The standard InChI is InChI=1S/C14H14BrClN2/c1-10(11-4-6-17-7-5-11)18-9-12-8-13(15)2-3-14(12)16/h2-8,10,18H,9H2,1H3/t10-/m0/s1. The van der Waals surface area contributed by atoms with Gasteiger partial charge >= 0.3 is 0 Å². The Morgan fingerprint density at radius 2 is 2.00 bits per heavy atom. The molecular weight excluding hydrogens is 312 g/mol. The lowest BCUT2D eigenvalue weighted by Gasteiger charge is -2.14. The van der Waals surface area contributed by atoms with Crippen LogP contribution in [0, 0.1) is 0 Å². The Balaban J connectivity index is 2.01. The molecule has 1 aromatic carbocycles. The van der Waals surface area contributed by atoms with Crippen molar-refractivity contribution in [1.29, 1.82) is 0 Å². The van der Waals surface area contributed by atoms with Crippen molar-refractivity contribution in [1.82, 2.24) is 10.3 Å². The molecule has 0 amide bonds. The summed E-state index contributed by atoms with van der Waals surface area (Å²) in [5, 5.41) is 4.24.